The zero-order valence-corrected chi connectivity index (χ0v) is 11.4. The Bertz CT molecular complexity index is 519. The van der Waals surface area contributed by atoms with Crippen molar-refractivity contribution in [3.63, 3.8) is 0 Å². The van der Waals surface area contributed by atoms with Gasteiger partial charge in [0.25, 0.3) is 0 Å². The average molecular weight is 247 g/mol. The van der Waals surface area contributed by atoms with Gasteiger partial charge in [0.05, 0.1) is 18.1 Å². The van der Waals surface area contributed by atoms with Crippen molar-refractivity contribution in [2.24, 2.45) is 0 Å². The van der Waals surface area contributed by atoms with E-state index >= 15 is 0 Å². The van der Waals surface area contributed by atoms with Crippen molar-refractivity contribution in [3.8, 4) is 5.75 Å². The lowest BCUT2D eigenvalue weighted by molar-refractivity contribution is 0.415. The van der Waals surface area contributed by atoms with Crippen LogP contribution < -0.4 is 10.1 Å². The Morgan fingerprint density at radius 1 is 1.39 bits per heavy atom. The molecule has 0 fully saturated rings. The first-order valence-corrected chi connectivity index (χ1v) is 6.48. The minimum atomic E-state index is 0.866. The van der Waals surface area contributed by atoms with E-state index in [0.717, 1.165) is 43.0 Å². The molecule has 0 spiro atoms. The Labute approximate surface area is 108 Å². The molecule has 0 aliphatic carbocycles. The van der Waals surface area contributed by atoms with Crippen LogP contribution in [0.15, 0.2) is 18.2 Å². The molecule has 0 saturated carbocycles. The highest BCUT2D eigenvalue weighted by atomic mass is 16.5. The van der Waals surface area contributed by atoms with Gasteiger partial charge in [0.15, 0.2) is 0 Å². The van der Waals surface area contributed by atoms with Crippen LogP contribution in [-0.4, -0.2) is 30.3 Å². The molecule has 0 radical (unpaired) electrons. The molecule has 0 saturated heterocycles. The van der Waals surface area contributed by atoms with Crippen molar-refractivity contribution < 1.29 is 4.74 Å². The van der Waals surface area contributed by atoms with E-state index in [0.29, 0.717) is 0 Å². The molecular formula is C14H21N3O. The summed E-state index contributed by atoms with van der Waals surface area (Å²) in [5.74, 6) is 2.03. The molecule has 4 nitrogen and oxygen atoms in total. The zero-order valence-electron chi connectivity index (χ0n) is 11.4. The molecule has 0 aliphatic rings. The number of ether oxygens (including phenoxy) is 1. The van der Waals surface area contributed by atoms with Gasteiger partial charge in [0.1, 0.15) is 11.6 Å². The summed E-state index contributed by atoms with van der Waals surface area (Å²) < 4.78 is 7.53. The standard InChI is InChI=1S/C14H21N3O/c1-4-17-13-8-7-11(18-3)10-12(13)16-14(17)6-5-9-15-2/h7-8,10,15H,4-6,9H2,1-3H3. The van der Waals surface area contributed by atoms with Crippen LogP contribution in [0, 0.1) is 0 Å². The van der Waals surface area contributed by atoms with E-state index < -0.39 is 0 Å². The predicted octanol–water partition coefficient (Wildman–Crippen LogP) is 2.22. The van der Waals surface area contributed by atoms with Crippen LogP contribution in [0.2, 0.25) is 0 Å². The molecule has 0 atom stereocenters. The van der Waals surface area contributed by atoms with Gasteiger partial charge in [0, 0.05) is 19.0 Å². The van der Waals surface area contributed by atoms with Gasteiger partial charge >= 0.3 is 0 Å². The predicted molar refractivity (Wildman–Crippen MR) is 74.2 cm³/mol. The molecule has 2 rings (SSSR count). The molecule has 1 N–H and O–H groups in total. The van der Waals surface area contributed by atoms with Gasteiger partial charge in [-0.2, -0.15) is 0 Å². The highest BCUT2D eigenvalue weighted by Crippen LogP contribution is 2.22. The number of hydrogen-bond acceptors (Lipinski definition) is 3. The highest BCUT2D eigenvalue weighted by molar-refractivity contribution is 5.77. The number of hydrogen-bond donors (Lipinski definition) is 1. The monoisotopic (exact) mass is 247 g/mol. The van der Waals surface area contributed by atoms with Crippen LogP contribution in [0.3, 0.4) is 0 Å². The number of aryl methyl sites for hydroxylation is 2. The number of methoxy groups -OCH3 is 1. The van der Waals surface area contributed by atoms with Crippen LogP contribution in [0.4, 0.5) is 0 Å². The zero-order chi connectivity index (χ0) is 13.0. The number of aromatic nitrogens is 2. The van der Waals surface area contributed by atoms with E-state index in [-0.39, 0.29) is 0 Å². The molecule has 98 valence electrons. The van der Waals surface area contributed by atoms with E-state index in [4.69, 9.17) is 9.72 Å². The third-order valence-corrected chi connectivity index (χ3v) is 3.18. The van der Waals surface area contributed by atoms with Crippen LogP contribution in [-0.2, 0) is 13.0 Å². The number of nitrogens with one attached hydrogen (secondary N) is 1. The minimum absolute atomic E-state index is 0.866. The topological polar surface area (TPSA) is 39.1 Å². The largest absolute Gasteiger partial charge is 0.497 e. The van der Waals surface area contributed by atoms with Gasteiger partial charge in [0.2, 0.25) is 0 Å². The molecule has 0 bridgehead atoms. The number of rotatable bonds is 6. The molecule has 4 heteroatoms. The van der Waals surface area contributed by atoms with Crippen molar-refractivity contribution in [1.29, 1.82) is 0 Å². The normalized spacial score (nSPS) is 11.1. The number of nitrogens with zero attached hydrogens (tertiary/aromatic N) is 2. The Morgan fingerprint density at radius 2 is 2.22 bits per heavy atom. The average Bonchev–Trinajstić information content (AvgIpc) is 2.75. The molecule has 1 aromatic heterocycles. The maximum atomic E-state index is 5.24. The summed E-state index contributed by atoms with van der Waals surface area (Å²) in [4.78, 5) is 4.72. The number of benzene rings is 1. The fraction of sp³-hybridized carbons (Fsp3) is 0.500. The summed E-state index contributed by atoms with van der Waals surface area (Å²) in [5, 5.41) is 3.17. The van der Waals surface area contributed by atoms with Crippen molar-refractivity contribution in [3.05, 3.63) is 24.0 Å². The third kappa shape index (κ3) is 2.48. The molecule has 18 heavy (non-hydrogen) atoms. The summed E-state index contributed by atoms with van der Waals surface area (Å²) in [6.45, 7) is 4.14. The van der Waals surface area contributed by atoms with Crippen molar-refractivity contribution in [1.82, 2.24) is 14.9 Å². The molecule has 1 aromatic carbocycles. The number of fused-ring (bicyclic) bond motifs is 1. The van der Waals surface area contributed by atoms with Crippen LogP contribution >= 0.6 is 0 Å². The second kappa shape index (κ2) is 5.87. The lowest BCUT2D eigenvalue weighted by atomic mass is 10.3. The molecule has 0 amide bonds. The summed E-state index contributed by atoms with van der Waals surface area (Å²) >= 11 is 0. The maximum absolute atomic E-state index is 5.24. The second-order valence-corrected chi connectivity index (χ2v) is 4.33. The maximum Gasteiger partial charge on any atom is 0.121 e. The van der Waals surface area contributed by atoms with Gasteiger partial charge in [-0.25, -0.2) is 4.98 Å². The lowest BCUT2D eigenvalue weighted by Gasteiger charge is -2.06. The highest BCUT2D eigenvalue weighted by Gasteiger charge is 2.09. The van der Waals surface area contributed by atoms with Crippen LogP contribution in [0.5, 0.6) is 5.75 Å². The first kappa shape index (κ1) is 12.9. The molecule has 2 aromatic rings. The first-order valence-electron chi connectivity index (χ1n) is 6.48. The van der Waals surface area contributed by atoms with Crippen LogP contribution in [0.25, 0.3) is 11.0 Å². The third-order valence-electron chi connectivity index (χ3n) is 3.18. The second-order valence-electron chi connectivity index (χ2n) is 4.33. The molecule has 0 aliphatic heterocycles. The van der Waals surface area contributed by atoms with Crippen LogP contribution in [0.1, 0.15) is 19.2 Å². The summed E-state index contributed by atoms with van der Waals surface area (Å²) in [7, 11) is 3.67. The quantitative estimate of drug-likeness (QED) is 0.796. The summed E-state index contributed by atoms with van der Waals surface area (Å²) in [6.07, 6.45) is 2.11. The smallest absolute Gasteiger partial charge is 0.121 e. The summed E-state index contributed by atoms with van der Waals surface area (Å²) in [6, 6.07) is 6.09. The number of imidazole rings is 1. The van der Waals surface area contributed by atoms with Crippen molar-refractivity contribution in [2.45, 2.75) is 26.3 Å². The fourth-order valence-electron chi connectivity index (χ4n) is 2.25. The Hall–Kier alpha value is -1.55. The van der Waals surface area contributed by atoms with E-state index in [2.05, 4.69) is 22.9 Å². The Kier molecular flexibility index (Phi) is 4.20. The molecular weight excluding hydrogens is 226 g/mol. The van der Waals surface area contributed by atoms with Gasteiger partial charge in [-0.05, 0) is 39.1 Å². The van der Waals surface area contributed by atoms with Gasteiger partial charge in [-0.3, -0.25) is 0 Å². The van der Waals surface area contributed by atoms with Gasteiger partial charge < -0.3 is 14.6 Å². The molecule has 0 unspecified atom stereocenters. The van der Waals surface area contributed by atoms with Gasteiger partial charge in [-0.15, -0.1) is 0 Å². The van der Waals surface area contributed by atoms with E-state index in [1.807, 2.05) is 19.2 Å². The van der Waals surface area contributed by atoms with Crippen molar-refractivity contribution >= 4 is 11.0 Å². The first-order chi connectivity index (χ1) is 8.80. The minimum Gasteiger partial charge on any atom is -0.497 e. The van der Waals surface area contributed by atoms with E-state index in [9.17, 15) is 0 Å². The molecule has 1 heterocycles. The lowest BCUT2D eigenvalue weighted by Crippen LogP contribution is -2.10. The van der Waals surface area contributed by atoms with E-state index in [1.54, 1.807) is 7.11 Å². The van der Waals surface area contributed by atoms with Crippen molar-refractivity contribution in [2.75, 3.05) is 20.7 Å². The SMILES string of the molecule is CCn1c(CCCNC)nc2cc(OC)ccc21. The van der Waals surface area contributed by atoms with Gasteiger partial charge in [-0.1, -0.05) is 0 Å². The Balaban J connectivity index is 2.34. The fourth-order valence-corrected chi connectivity index (χ4v) is 2.25. The Morgan fingerprint density at radius 3 is 2.89 bits per heavy atom. The van der Waals surface area contributed by atoms with E-state index in [1.165, 1.54) is 5.52 Å². The summed E-state index contributed by atoms with van der Waals surface area (Å²) in [5.41, 5.74) is 2.22.